The molecule has 0 aliphatic rings. The summed E-state index contributed by atoms with van der Waals surface area (Å²) in [5.41, 5.74) is -2.87. The van der Waals surface area contributed by atoms with Crippen molar-refractivity contribution in [2.24, 2.45) is 0 Å². The standard InChI is InChI=1S/C16H11F6NO/c17-15(18,19)11-6-10(7-12(9-11)16(20,21)22)8-14(24)23-13-4-2-1-3-5-13/h1-7,9H,8H2,(H,23,24). The molecule has 0 saturated heterocycles. The number of alkyl halides is 6. The lowest BCUT2D eigenvalue weighted by Gasteiger charge is -2.14. The number of carbonyl (C=O) groups excluding carboxylic acids is 1. The van der Waals surface area contributed by atoms with Crippen molar-refractivity contribution in [2.45, 2.75) is 18.8 Å². The van der Waals surface area contributed by atoms with E-state index in [4.69, 9.17) is 0 Å². The summed E-state index contributed by atoms with van der Waals surface area (Å²) < 4.78 is 76.5. The summed E-state index contributed by atoms with van der Waals surface area (Å²) in [6.07, 6.45) is -10.5. The number of rotatable bonds is 3. The van der Waals surface area contributed by atoms with E-state index in [1.54, 1.807) is 30.3 Å². The third-order valence-corrected chi connectivity index (χ3v) is 3.07. The van der Waals surface area contributed by atoms with Crippen molar-refractivity contribution in [1.29, 1.82) is 0 Å². The SMILES string of the molecule is O=C(Cc1cc(C(F)(F)F)cc(C(F)(F)F)c1)Nc1ccccc1. The fourth-order valence-corrected chi connectivity index (χ4v) is 2.03. The highest BCUT2D eigenvalue weighted by Gasteiger charge is 2.36. The minimum absolute atomic E-state index is 0.0264. The van der Waals surface area contributed by atoms with Crippen LogP contribution in [-0.4, -0.2) is 5.91 Å². The van der Waals surface area contributed by atoms with Gasteiger partial charge in [0.05, 0.1) is 17.5 Å². The molecule has 2 nitrogen and oxygen atoms in total. The third kappa shape index (κ3) is 4.74. The summed E-state index contributed by atoms with van der Waals surface area (Å²) in [7, 11) is 0. The van der Waals surface area contributed by atoms with Crippen molar-refractivity contribution in [3.8, 4) is 0 Å². The number of amides is 1. The lowest BCUT2D eigenvalue weighted by Crippen LogP contribution is -2.17. The number of para-hydroxylation sites is 1. The number of hydrogen-bond donors (Lipinski definition) is 1. The molecule has 8 heteroatoms. The van der Waals surface area contributed by atoms with E-state index in [0.29, 0.717) is 17.8 Å². The molecule has 1 amide bonds. The van der Waals surface area contributed by atoms with Crippen molar-refractivity contribution in [3.05, 3.63) is 65.2 Å². The quantitative estimate of drug-likeness (QED) is 0.786. The minimum Gasteiger partial charge on any atom is -0.326 e. The van der Waals surface area contributed by atoms with Gasteiger partial charge < -0.3 is 5.32 Å². The van der Waals surface area contributed by atoms with Gasteiger partial charge in [-0.2, -0.15) is 26.3 Å². The summed E-state index contributed by atoms with van der Waals surface area (Å²) in [5.74, 6) is -0.714. The van der Waals surface area contributed by atoms with Crippen LogP contribution < -0.4 is 5.32 Å². The lowest BCUT2D eigenvalue weighted by molar-refractivity contribution is -0.143. The molecule has 0 bridgehead atoms. The number of carbonyl (C=O) groups is 1. The van der Waals surface area contributed by atoms with Crippen molar-refractivity contribution in [3.63, 3.8) is 0 Å². The molecule has 0 unspecified atom stereocenters. The van der Waals surface area contributed by atoms with Crippen LogP contribution in [0, 0.1) is 0 Å². The van der Waals surface area contributed by atoms with E-state index in [0.717, 1.165) is 0 Å². The van der Waals surface area contributed by atoms with Crippen LogP contribution in [0.3, 0.4) is 0 Å². The first kappa shape index (κ1) is 17.8. The van der Waals surface area contributed by atoms with Crippen LogP contribution in [-0.2, 0) is 23.6 Å². The van der Waals surface area contributed by atoms with Gasteiger partial charge in [0.1, 0.15) is 0 Å². The lowest BCUT2D eigenvalue weighted by atomic mass is 10.0. The van der Waals surface area contributed by atoms with E-state index in [1.165, 1.54) is 0 Å². The van der Waals surface area contributed by atoms with Crippen LogP contribution in [0.5, 0.6) is 0 Å². The van der Waals surface area contributed by atoms with E-state index in [-0.39, 0.29) is 11.6 Å². The zero-order valence-electron chi connectivity index (χ0n) is 12.0. The van der Waals surface area contributed by atoms with Crippen molar-refractivity contribution in [1.82, 2.24) is 0 Å². The highest BCUT2D eigenvalue weighted by Crippen LogP contribution is 2.36. The summed E-state index contributed by atoms with van der Waals surface area (Å²) in [6, 6.07) is 9.15. The van der Waals surface area contributed by atoms with Gasteiger partial charge in [-0.3, -0.25) is 4.79 Å². The zero-order chi connectivity index (χ0) is 18.0. The maximum Gasteiger partial charge on any atom is 0.416 e. The van der Waals surface area contributed by atoms with Crippen molar-refractivity contribution in [2.75, 3.05) is 5.32 Å². The Bertz CT molecular complexity index is 689. The minimum atomic E-state index is -4.94. The molecule has 2 aromatic carbocycles. The molecule has 0 aromatic heterocycles. The Kier molecular flexibility index (Phi) is 4.86. The maximum absolute atomic E-state index is 12.8. The second-order valence-electron chi connectivity index (χ2n) is 5.01. The molecular weight excluding hydrogens is 336 g/mol. The average Bonchev–Trinajstić information content (AvgIpc) is 2.46. The Balaban J connectivity index is 2.27. The first-order valence-electron chi connectivity index (χ1n) is 6.69. The Morgan fingerprint density at radius 3 is 1.79 bits per heavy atom. The third-order valence-electron chi connectivity index (χ3n) is 3.07. The molecule has 0 aliphatic heterocycles. The van der Waals surface area contributed by atoms with E-state index in [1.807, 2.05) is 0 Å². The number of halogens is 6. The number of hydrogen-bond acceptors (Lipinski definition) is 1. The number of anilines is 1. The largest absolute Gasteiger partial charge is 0.416 e. The van der Waals surface area contributed by atoms with Crippen LogP contribution in [0.2, 0.25) is 0 Å². The van der Waals surface area contributed by atoms with Gasteiger partial charge in [0.25, 0.3) is 0 Å². The number of nitrogens with one attached hydrogen (secondary N) is 1. The van der Waals surface area contributed by atoms with Gasteiger partial charge in [0, 0.05) is 5.69 Å². The van der Waals surface area contributed by atoms with Gasteiger partial charge in [-0.25, -0.2) is 0 Å². The zero-order valence-corrected chi connectivity index (χ0v) is 12.0. The molecule has 0 aliphatic carbocycles. The second kappa shape index (κ2) is 6.54. The number of benzene rings is 2. The molecule has 2 aromatic rings. The molecule has 1 N–H and O–H groups in total. The molecular formula is C16H11F6NO. The molecule has 0 radical (unpaired) electrons. The van der Waals surface area contributed by atoms with Crippen LogP contribution in [0.1, 0.15) is 16.7 Å². The van der Waals surface area contributed by atoms with Crippen molar-refractivity contribution >= 4 is 11.6 Å². The normalized spacial score (nSPS) is 12.1. The van der Waals surface area contributed by atoms with E-state index < -0.39 is 35.8 Å². The molecule has 128 valence electrons. The highest BCUT2D eigenvalue weighted by molar-refractivity contribution is 5.92. The summed E-state index contributed by atoms with van der Waals surface area (Å²) in [4.78, 5) is 11.8. The topological polar surface area (TPSA) is 29.1 Å². The smallest absolute Gasteiger partial charge is 0.326 e. The van der Waals surface area contributed by atoms with Gasteiger partial charge in [-0.15, -0.1) is 0 Å². The monoisotopic (exact) mass is 347 g/mol. The van der Waals surface area contributed by atoms with E-state index in [9.17, 15) is 31.1 Å². The predicted octanol–water partition coefficient (Wildman–Crippen LogP) is 4.91. The molecule has 0 spiro atoms. The van der Waals surface area contributed by atoms with Gasteiger partial charge in [-0.1, -0.05) is 18.2 Å². The molecule has 0 heterocycles. The average molecular weight is 347 g/mol. The first-order valence-corrected chi connectivity index (χ1v) is 6.69. The second-order valence-corrected chi connectivity index (χ2v) is 5.01. The van der Waals surface area contributed by atoms with Gasteiger partial charge in [-0.05, 0) is 35.9 Å². The van der Waals surface area contributed by atoms with Gasteiger partial charge in [0.15, 0.2) is 0 Å². The summed E-state index contributed by atoms with van der Waals surface area (Å²) in [5, 5.41) is 2.41. The summed E-state index contributed by atoms with van der Waals surface area (Å²) in [6.45, 7) is 0. The Labute approximate surface area is 133 Å². The fourth-order valence-electron chi connectivity index (χ4n) is 2.03. The van der Waals surface area contributed by atoms with Crippen LogP contribution in [0.4, 0.5) is 32.0 Å². The molecule has 0 atom stereocenters. The maximum atomic E-state index is 12.8. The molecule has 0 fully saturated rings. The van der Waals surface area contributed by atoms with Crippen LogP contribution in [0.15, 0.2) is 48.5 Å². The molecule has 0 saturated carbocycles. The Hall–Kier alpha value is -2.51. The van der Waals surface area contributed by atoms with Crippen LogP contribution in [0.25, 0.3) is 0 Å². The van der Waals surface area contributed by atoms with E-state index in [2.05, 4.69) is 5.32 Å². The molecule has 2 rings (SSSR count). The Morgan fingerprint density at radius 1 is 0.833 bits per heavy atom. The van der Waals surface area contributed by atoms with Crippen molar-refractivity contribution < 1.29 is 31.1 Å². The van der Waals surface area contributed by atoms with Gasteiger partial charge >= 0.3 is 12.4 Å². The highest BCUT2D eigenvalue weighted by atomic mass is 19.4. The fraction of sp³-hybridized carbons (Fsp3) is 0.188. The van der Waals surface area contributed by atoms with Gasteiger partial charge in [0.2, 0.25) is 5.91 Å². The first-order chi connectivity index (χ1) is 11.1. The molecule has 24 heavy (non-hydrogen) atoms. The van der Waals surface area contributed by atoms with E-state index >= 15 is 0 Å². The predicted molar refractivity (Wildman–Crippen MR) is 75.2 cm³/mol. The van der Waals surface area contributed by atoms with Crippen LogP contribution >= 0.6 is 0 Å². The Morgan fingerprint density at radius 2 is 1.33 bits per heavy atom. The summed E-state index contributed by atoms with van der Waals surface area (Å²) >= 11 is 0.